The Morgan fingerprint density at radius 3 is 3.07 bits per heavy atom. The number of amides is 1. The Morgan fingerprint density at radius 1 is 1.43 bits per heavy atom. The van der Waals surface area contributed by atoms with Crippen molar-refractivity contribution in [2.75, 3.05) is 13.2 Å². The van der Waals surface area contributed by atoms with Crippen LogP contribution >= 0.6 is 0 Å². The van der Waals surface area contributed by atoms with E-state index < -0.39 is 12.1 Å². The van der Waals surface area contributed by atoms with Crippen LogP contribution in [0, 0.1) is 5.95 Å². The van der Waals surface area contributed by atoms with Gasteiger partial charge in [0.25, 0.3) is 5.91 Å². The third-order valence-corrected chi connectivity index (χ3v) is 4.98. The summed E-state index contributed by atoms with van der Waals surface area (Å²) >= 11 is 0. The van der Waals surface area contributed by atoms with Crippen LogP contribution in [-0.2, 0) is 18.2 Å². The molecule has 1 fully saturated rings. The number of aromatic nitrogens is 3. The molecule has 2 unspecified atom stereocenters. The number of carbonyl (C=O) groups is 1. The zero-order chi connectivity index (χ0) is 19.7. The lowest BCUT2D eigenvalue weighted by molar-refractivity contribution is -0.0261. The molecule has 1 saturated heterocycles. The van der Waals surface area contributed by atoms with Crippen molar-refractivity contribution in [2.24, 2.45) is 7.05 Å². The third-order valence-electron chi connectivity index (χ3n) is 4.98. The van der Waals surface area contributed by atoms with Crippen LogP contribution in [0.4, 0.5) is 4.39 Å². The van der Waals surface area contributed by atoms with Gasteiger partial charge in [0, 0.05) is 31.4 Å². The summed E-state index contributed by atoms with van der Waals surface area (Å²) in [5, 5.41) is 13.8. The van der Waals surface area contributed by atoms with Crippen molar-refractivity contribution < 1.29 is 19.0 Å². The molecule has 1 aliphatic rings. The van der Waals surface area contributed by atoms with E-state index in [1.165, 1.54) is 12.3 Å². The van der Waals surface area contributed by atoms with E-state index in [0.29, 0.717) is 25.1 Å². The molecule has 4 rings (SSSR count). The minimum absolute atomic E-state index is 0.202. The second kappa shape index (κ2) is 7.65. The number of aliphatic hydroxyl groups is 1. The van der Waals surface area contributed by atoms with Gasteiger partial charge < -0.3 is 19.7 Å². The molecule has 7 nitrogen and oxygen atoms in total. The average molecular weight is 384 g/mol. The van der Waals surface area contributed by atoms with Gasteiger partial charge in [0.1, 0.15) is 11.3 Å². The van der Waals surface area contributed by atoms with Crippen molar-refractivity contribution in [3.63, 3.8) is 0 Å². The van der Waals surface area contributed by atoms with Crippen molar-refractivity contribution in [1.29, 1.82) is 0 Å². The molecule has 0 aromatic carbocycles. The summed E-state index contributed by atoms with van der Waals surface area (Å²) in [5.41, 5.74) is 2.56. The highest BCUT2D eigenvalue weighted by Crippen LogP contribution is 2.22. The van der Waals surface area contributed by atoms with Crippen molar-refractivity contribution in [2.45, 2.75) is 25.0 Å². The zero-order valence-corrected chi connectivity index (χ0v) is 15.4. The van der Waals surface area contributed by atoms with E-state index in [1.807, 2.05) is 23.9 Å². The SMILES string of the molecule is Cn1ccc2c(Cc3ccnc(F)c3)cc(C(=O)NC3CCOCC3O)nc21. The van der Waals surface area contributed by atoms with Gasteiger partial charge in [-0.05, 0) is 48.2 Å². The predicted octanol–water partition coefficient (Wildman–Crippen LogP) is 1.58. The fraction of sp³-hybridized carbons (Fsp3) is 0.350. The summed E-state index contributed by atoms with van der Waals surface area (Å²) in [4.78, 5) is 20.9. The molecule has 1 amide bonds. The molecular formula is C20H21FN4O3. The first-order chi connectivity index (χ1) is 13.5. The standard InChI is InChI=1S/C20H21FN4O3/c1-25-6-3-14-13(8-12-2-5-22-18(21)9-12)10-16(23-19(14)25)20(27)24-15-4-7-28-11-17(15)26/h2-3,5-6,9-10,15,17,26H,4,7-8,11H2,1H3,(H,24,27). The Balaban J connectivity index is 1.67. The lowest BCUT2D eigenvalue weighted by Crippen LogP contribution is -2.48. The average Bonchev–Trinajstić information content (AvgIpc) is 3.05. The molecule has 2 atom stereocenters. The molecule has 3 aromatic rings. The van der Waals surface area contributed by atoms with Gasteiger partial charge in [0.15, 0.2) is 0 Å². The zero-order valence-electron chi connectivity index (χ0n) is 15.4. The second-order valence-corrected chi connectivity index (χ2v) is 7.01. The van der Waals surface area contributed by atoms with Crippen LogP contribution in [0.5, 0.6) is 0 Å². The lowest BCUT2D eigenvalue weighted by Gasteiger charge is -2.28. The second-order valence-electron chi connectivity index (χ2n) is 7.01. The number of carbonyl (C=O) groups excluding carboxylic acids is 1. The summed E-state index contributed by atoms with van der Waals surface area (Å²) < 4.78 is 20.5. The Hall–Kier alpha value is -2.84. The van der Waals surface area contributed by atoms with Crippen LogP contribution in [0.3, 0.4) is 0 Å². The molecule has 3 aromatic heterocycles. The van der Waals surface area contributed by atoms with Gasteiger partial charge in [-0.2, -0.15) is 4.39 Å². The van der Waals surface area contributed by atoms with Crippen LogP contribution in [-0.4, -0.2) is 50.9 Å². The first-order valence-corrected chi connectivity index (χ1v) is 9.13. The number of rotatable bonds is 4. The first-order valence-electron chi connectivity index (χ1n) is 9.13. The normalized spacial score (nSPS) is 19.7. The summed E-state index contributed by atoms with van der Waals surface area (Å²) in [6, 6.07) is 6.41. The number of nitrogens with one attached hydrogen (secondary N) is 1. The molecule has 4 heterocycles. The molecule has 2 N–H and O–H groups in total. The molecule has 0 bridgehead atoms. The maximum Gasteiger partial charge on any atom is 0.270 e. The van der Waals surface area contributed by atoms with Gasteiger partial charge in [0.05, 0.1) is 18.8 Å². The highest BCUT2D eigenvalue weighted by Gasteiger charge is 2.26. The highest BCUT2D eigenvalue weighted by molar-refractivity contribution is 5.95. The number of hydrogen-bond donors (Lipinski definition) is 2. The van der Waals surface area contributed by atoms with Gasteiger partial charge in [-0.3, -0.25) is 4.79 Å². The first kappa shape index (κ1) is 18.5. The molecular weight excluding hydrogens is 363 g/mol. The smallest absolute Gasteiger partial charge is 0.270 e. The van der Waals surface area contributed by atoms with Crippen LogP contribution in [0.1, 0.15) is 28.0 Å². The predicted molar refractivity (Wildman–Crippen MR) is 100 cm³/mol. The van der Waals surface area contributed by atoms with Gasteiger partial charge in [-0.1, -0.05) is 0 Å². The number of aliphatic hydroxyl groups excluding tert-OH is 1. The van der Waals surface area contributed by atoms with Gasteiger partial charge in [-0.15, -0.1) is 0 Å². The highest BCUT2D eigenvalue weighted by atomic mass is 19.1. The minimum Gasteiger partial charge on any atom is -0.389 e. The van der Waals surface area contributed by atoms with Gasteiger partial charge in [0.2, 0.25) is 5.95 Å². The van der Waals surface area contributed by atoms with Crippen LogP contribution in [0.2, 0.25) is 0 Å². The third kappa shape index (κ3) is 3.74. The van der Waals surface area contributed by atoms with Crippen molar-refractivity contribution in [1.82, 2.24) is 19.9 Å². The van der Waals surface area contributed by atoms with E-state index in [1.54, 1.807) is 12.1 Å². The number of nitrogens with zero attached hydrogens (tertiary/aromatic N) is 3. The van der Waals surface area contributed by atoms with Crippen LogP contribution in [0.25, 0.3) is 11.0 Å². The Morgan fingerprint density at radius 2 is 2.29 bits per heavy atom. The summed E-state index contributed by atoms with van der Waals surface area (Å²) in [5.74, 6) is -0.890. The molecule has 0 aliphatic carbocycles. The van der Waals surface area contributed by atoms with E-state index in [0.717, 1.165) is 16.5 Å². The maximum absolute atomic E-state index is 13.5. The van der Waals surface area contributed by atoms with Crippen molar-refractivity contribution >= 4 is 16.9 Å². The van der Waals surface area contributed by atoms with E-state index in [9.17, 15) is 14.3 Å². The number of hydrogen-bond acceptors (Lipinski definition) is 5. The summed E-state index contributed by atoms with van der Waals surface area (Å²) in [7, 11) is 1.86. The molecule has 0 spiro atoms. The number of pyridine rings is 2. The molecule has 0 radical (unpaired) electrons. The number of halogens is 1. The number of aryl methyl sites for hydroxylation is 1. The quantitative estimate of drug-likeness (QED) is 0.667. The van der Waals surface area contributed by atoms with Crippen molar-refractivity contribution in [3.8, 4) is 0 Å². The van der Waals surface area contributed by atoms with Crippen LogP contribution < -0.4 is 5.32 Å². The monoisotopic (exact) mass is 384 g/mol. The van der Waals surface area contributed by atoms with E-state index in [-0.39, 0.29) is 24.2 Å². The number of fused-ring (bicyclic) bond motifs is 1. The Labute approximate surface area is 161 Å². The molecule has 8 heteroatoms. The topological polar surface area (TPSA) is 89.3 Å². The van der Waals surface area contributed by atoms with Gasteiger partial charge >= 0.3 is 0 Å². The Kier molecular flexibility index (Phi) is 5.06. The summed E-state index contributed by atoms with van der Waals surface area (Å²) in [6.45, 7) is 0.694. The fourth-order valence-electron chi connectivity index (χ4n) is 3.47. The fourth-order valence-corrected chi connectivity index (χ4v) is 3.47. The molecule has 146 valence electrons. The molecule has 1 aliphatic heterocycles. The summed E-state index contributed by atoms with van der Waals surface area (Å²) in [6.07, 6.45) is 3.55. The minimum atomic E-state index is -0.740. The number of ether oxygens (including phenoxy) is 1. The van der Waals surface area contributed by atoms with E-state index in [2.05, 4.69) is 15.3 Å². The molecule has 28 heavy (non-hydrogen) atoms. The van der Waals surface area contributed by atoms with E-state index in [4.69, 9.17) is 4.74 Å². The van der Waals surface area contributed by atoms with Gasteiger partial charge in [-0.25, -0.2) is 9.97 Å². The Bertz CT molecular complexity index is 1020. The van der Waals surface area contributed by atoms with E-state index >= 15 is 0 Å². The lowest BCUT2D eigenvalue weighted by atomic mass is 10.0. The van der Waals surface area contributed by atoms with Crippen LogP contribution in [0.15, 0.2) is 36.7 Å². The largest absolute Gasteiger partial charge is 0.389 e. The maximum atomic E-state index is 13.5. The van der Waals surface area contributed by atoms with Crippen molar-refractivity contribution in [3.05, 3.63) is 59.4 Å². The molecule has 0 saturated carbocycles.